The largest absolute Gasteiger partial charge is 0.460 e. The van der Waals surface area contributed by atoms with E-state index < -0.39 is 10.1 Å². The summed E-state index contributed by atoms with van der Waals surface area (Å²) in [5.74, 6) is -0.370. The fraction of sp³-hybridized carbons (Fsp3) is 0.480. The molecule has 0 heterocycles. The number of rotatable bonds is 21. The van der Waals surface area contributed by atoms with E-state index in [4.69, 9.17) is 32.6 Å². The quantitative estimate of drug-likeness (QED) is 0.136. The first kappa shape index (κ1) is 29.8. The average molecular weight is 527 g/mol. The van der Waals surface area contributed by atoms with Crippen LogP contribution in [0.25, 0.3) is 0 Å². The van der Waals surface area contributed by atoms with Crippen LogP contribution in [0.3, 0.4) is 0 Å². The molecule has 11 heteroatoms. The van der Waals surface area contributed by atoms with E-state index in [9.17, 15) is 13.2 Å². The molecule has 0 saturated heterocycles. The maximum Gasteiger partial charge on any atom is 0.338 e. The predicted molar refractivity (Wildman–Crippen MR) is 130 cm³/mol. The summed E-state index contributed by atoms with van der Waals surface area (Å²) in [4.78, 5) is 11.9. The van der Waals surface area contributed by atoms with Gasteiger partial charge in [-0.3, -0.25) is 4.18 Å². The highest BCUT2D eigenvalue weighted by Gasteiger charge is 2.13. The van der Waals surface area contributed by atoms with Crippen LogP contribution in [-0.4, -0.2) is 93.7 Å². The van der Waals surface area contributed by atoms with Gasteiger partial charge >= 0.3 is 5.97 Å². The Morgan fingerprint density at radius 2 is 0.917 bits per heavy atom. The summed E-state index contributed by atoms with van der Waals surface area (Å²) in [7, 11) is -3.76. The third-order valence-corrected chi connectivity index (χ3v) is 5.78. The Hall–Kier alpha value is -2.38. The van der Waals surface area contributed by atoms with Crippen molar-refractivity contribution in [2.45, 2.75) is 4.90 Å². The molecule has 0 bridgehead atoms. The van der Waals surface area contributed by atoms with Crippen LogP contribution in [0.5, 0.6) is 0 Å². The molecule has 10 nitrogen and oxygen atoms in total. The van der Waals surface area contributed by atoms with Crippen molar-refractivity contribution in [3.8, 4) is 0 Å². The maximum atomic E-state index is 11.9. The van der Waals surface area contributed by atoms with E-state index in [-0.39, 0.29) is 30.7 Å². The van der Waals surface area contributed by atoms with Gasteiger partial charge in [-0.15, -0.1) is 0 Å². The van der Waals surface area contributed by atoms with Gasteiger partial charge in [-0.2, -0.15) is 8.42 Å². The van der Waals surface area contributed by atoms with Gasteiger partial charge in [0.05, 0.1) is 83.1 Å². The Bertz CT molecular complexity index is 922. The van der Waals surface area contributed by atoms with Crippen LogP contribution in [0.4, 0.5) is 0 Å². The second-order valence-corrected chi connectivity index (χ2v) is 8.77. The molecule has 0 unspecified atom stereocenters. The molecule has 0 spiro atoms. The Balaban J connectivity index is 1.27. The van der Waals surface area contributed by atoms with E-state index in [2.05, 4.69) is 0 Å². The number of benzene rings is 2. The molecule has 36 heavy (non-hydrogen) atoms. The monoisotopic (exact) mass is 526 g/mol. The van der Waals surface area contributed by atoms with E-state index in [1.165, 1.54) is 12.1 Å². The van der Waals surface area contributed by atoms with Crippen LogP contribution in [0.1, 0.15) is 10.4 Å². The zero-order chi connectivity index (χ0) is 25.7. The van der Waals surface area contributed by atoms with Crippen LogP contribution >= 0.6 is 0 Å². The van der Waals surface area contributed by atoms with Gasteiger partial charge in [-0.05, 0) is 24.3 Å². The average Bonchev–Trinajstić information content (AvgIpc) is 2.90. The highest BCUT2D eigenvalue weighted by atomic mass is 32.2. The van der Waals surface area contributed by atoms with Gasteiger partial charge < -0.3 is 28.4 Å². The van der Waals surface area contributed by atoms with E-state index in [0.29, 0.717) is 65.0 Å². The maximum absolute atomic E-state index is 11.9. The second kappa shape index (κ2) is 18.8. The minimum absolute atomic E-state index is 0.0624. The SMILES string of the molecule is O=C(OCCOCCOCCOCCOCCOCCOS(=O)(=O)c1ccccc1)c1ccccc1. The van der Waals surface area contributed by atoms with Crippen LogP contribution in [0, 0.1) is 0 Å². The van der Waals surface area contributed by atoms with Crippen molar-refractivity contribution in [1.82, 2.24) is 0 Å². The van der Waals surface area contributed by atoms with Crippen molar-refractivity contribution in [3.63, 3.8) is 0 Å². The molecule has 0 fully saturated rings. The number of esters is 1. The lowest BCUT2D eigenvalue weighted by atomic mass is 10.2. The van der Waals surface area contributed by atoms with Gasteiger partial charge in [0.15, 0.2) is 0 Å². The number of hydrogen-bond acceptors (Lipinski definition) is 10. The standard InChI is InChI=1S/C25H34O10S/c26-25(23-7-3-1-4-8-23)34-21-19-32-17-15-30-13-11-29-12-14-31-16-18-33-20-22-35-36(27,28)24-9-5-2-6-10-24/h1-10H,11-22H2. The Labute approximate surface area is 212 Å². The van der Waals surface area contributed by atoms with Crippen molar-refractivity contribution in [3.05, 3.63) is 66.2 Å². The third kappa shape index (κ3) is 13.6. The lowest BCUT2D eigenvalue weighted by molar-refractivity contribution is -0.0162. The van der Waals surface area contributed by atoms with Gasteiger partial charge in [0.25, 0.3) is 10.1 Å². The molecule has 0 aromatic heterocycles. The van der Waals surface area contributed by atoms with E-state index in [0.717, 1.165) is 0 Å². The van der Waals surface area contributed by atoms with Gasteiger partial charge in [0.1, 0.15) is 6.61 Å². The Kier molecular flexibility index (Phi) is 15.6. The number of hydrogen-bond donors (Lipinski definition) is 0. The molecule has 2 rings (SSSR count). The molecular weight excluding hydrogens is 492 g/mol. The number of ether oxygens (including phenoxy) is 6. The topological polar surface area (TPSA) is 116 Å². The van der Waals surface area contributed by atoms with Gasteiger partial charge in [0.2, 0.25) is 0 Å². The third-order valence-electron chi connectivity index (χ3n) is 4.46. The molecule has 0 aliphatic rings. The molecule has 0 aliphatic carbocycles. The fourth-order valence-corrected chi connectivity index (χ4v) is 3.60. The highest BCUT2D eigenvalue weighted by Crippen LogP contribution is 2.10. The van der Waals surface area contributed by atoms with Gasteiger partial charge in [-0.1, -0.05) is 36.4 Å². The van der Waals surface area contributed by atoms with Crippen LogP contribution < -0.4 is 0 Å². The normalized spacial score (nSPS) is 11.4. The molecule has 2 aromatic carbocycles. The van der Waals surface area contributed by atoms with E-state index in [1.54, 1.807) is 42.5 Å². The van der Waals surface area contributed by atoms with Crippen LogP contribution in [0.15, 0.2) is 65.6 Å². The smallest absolute Gasteiger partial charge is 0.338 e. The van der Waals surface area contributed by atoms with Crippen LogP contribution in [-0.2, 0) is 42.7 Å². The molecule has 0 N–H and O–H groups in total. The number of carbonyl (C=O) groups is 1. The van der Waals surface area contributed by atoms with E-state index >= 15 is 0 Å². The van der Waals surface area contributed by atoms with Gasteiger partial charge in [0, 0.05) is 0 Å². The minimum Gasteiger partial charge on any atom is -0.460 e. The predicted octanol–water partition coefficient (Wildman–Crippen LogP) is 2.33. The summed E-state index contributed by atoms with van der Waals surface area (Å²) >= 11 is 0. The Morgan fingerprint density at radius 3 is 1.39 bits per heavy atom. The Morgan fingerprint density at radius 1 is 0.528 bits per heavy atom. The zero-order valence-electron chi connectivity index (χ0n) is 20.2. The fourth-order valence-electron chi connectivity index (χ4n) is 2.69. The minimum atomic E-state index is -3.76. The first-order valence-electron chi connectivity index (χ1n) is 11.6. The van der Waals surface area contributed by atoms with Crippen molar-refractivity contribution in [2.24, 2.45) is 0 Å². The highest BCUT2D eigenvalue weighted by molar-refractivity contribution is 7.86. The summed E-state index contributed by atoms with van der Waals surface area (Å²) in [6, 6.07) is 16.7. The van der Waals surface area contributed by atoms with Crippen molar-refractivity contribution >= 4 is 16.1 Å². The summed E-state index contributed by atoms with van der Waals surface area (Å²) in [5.41, 5.74) is 0.513. The molecule has 200 valence electrons. The molecule has 2 aromatic rings. The zero-order valence-corrected chi connectivity index (χ0v) is 21.1. The number of carbonyl (C=O) groups excluding carboxylic acids is 1. The van der Waals surface area contributed by atoms with Crippen molar-refractivity contribution in [1.29, 1.82) is 0 Å². The lowest BCUT2D eigenvalue weighted by Crippen LogP contribution is -2.15. The molecule has 0 saturated carbocycles. The summed E-state index contributed by atoms with van der Waals surface area (Å²) in [6.45, 7) is 3.77. The lowest BCUT2D eigenvalue weighted by Gasteiger charge is -2.08. The summed E-state index contributed by atoms with van der Waals surface area (Å²) < 4.78 is 60.7. The first-order valence-corrected chi connectivity index (χ1v) is 13.1. The molecule has 0 radical (unpaired) electrons. The first-order chi connectivity index (χ1) is 17.6. The molecule has 0 atom stereocenters. The summed E-state index contributed by atoms with van der Waals surface area (Å²) in [5, 5.41) is 0. The summed E-state index contributed by atoms with van der Waals surface area (Å²) in [6.07, 6.45) is 0. The van der Waals surface area contributed by atoms with Crippen LogP contribution in [0.2, 0.25) is 0 Å². The van der Waals surface area contributed by atoms with Crippen molar-refractivity contribution in [2.75, 3.05) is 79.3 Å². The second-order valence-electron chi connectivity index (χ2n) is 7.15. The molecule has 0 amide bonds. The molecular formula is C25H34O10S. The van der Waals surface area contributed by atoms with Gasteiger partial charge in [-0.25, -0.2) is 4.79 Å². The van der Waals surface area contributed by atoms with Crippen molar-refractivity contribution < 1.29 is 45.8 Å². The molecule has 0 aliphatic heterocycles. The van der Waals surface area contributed by atoms with E-state index in [1.807, 2.05) is 6.07 Å².